The Balaban J connectivity index is 2.05. The molecule has 2 N–H and O–H groups in total. The molecule has 0 saturated heterocycles. The van der Waals surface area contributed by atoms with Crippen LogP contribution >= 0.6 is 11.3 Å². The molecule has 2 rings (SSSR count). The van der Waals surface area contributed by atoms with E-state index in [4.69, 9.17) is 4.74 Å². The van der Waals surface area contributed by atoms with Crippen LogP contribution in [-0.2, 0) is 6.54 Å². The van der Waals surface area contributed by atoms with Crippen LogP contribution in [0.25, 0.3) is 0 Å². The van der Waals surface area contributed by atoms with Crippen LogP contribution in [0.2, 0.25) is 0 Å². The van der Waals surface area contributed by atoms with E-state index in [9.17, 15) is 0 Å². The summed E-state index contributed by atoms with van der Waals surface area (Å²) in [5, 5.41) is 9.25. The van der Waals surface area contributed by atoms with Crippen LogP contribution in [0.1, 0.15) is 24.0 Å². The van der Waals surface area contributed by atoms with Gasteiger partial charge in [-0.2, -0.15) is 15.0 Å². The Hall–Kier alpha value is -1.96. The number of aromatic nitrogens is 4. The molecule has 8 heteroatoms. The average Bonchev–Trinajstić information content (AvgIpc) is 2.88. The molecule has 2 heterocycles. The SMILES string of the molecule is CCCNc1nc(NCc2nc(C)cs2)nc(OC)n1. The monoisotopic (exact) mass is 294 g/mol. The second kappa shape index (κ2) is 6.99. The van der Waals surface area contributed by atoms with E-state index >= 15 is 0 Å². The lowest BCUT2D eigenvalue weighted by atomic mass is 10.5. The number of rotatable bonds is 7. The summed E-state index contributed by atoms with van der Waals surface area (Å²) in [6.45, 7) is 5.44. The summed E-state index contributed by atoms with van der Waals surface area (Å²) in [6, 6.07) is 0.288. The molecule has 0 bridgehead atoms. The number of methoxy groups -OCH3 is 1. The number of ether oxygens (including phenoxy) is 1. The lowest BCUT2D eigenvalue weighted by Gasteiger charge is -2.08. The van der Waals surface area contributed by atoms with E-state index in [0.29, 0.717) is 18.4 Å². The minimum absolute atomic E-state index is 0.288. The molecule has 0 aliphatic heterocycles. The Morgan fingerprint density at radius 1 is 1.15 bits per heavy atom. The molecule has 0 atom stereocenters. The summed E-state index contributed by atoms with van der Waals surface area (Å²) >= 11 is 1.61. The van der Waals surface area contributed by atoms with Crippen molar-refractivity contribution in [3.8, 4) is 6.01 Å². The van der Waals surface area contributed by atoms with Crippen LogP contribution in [0.5, 0.6) is 6.01 Å². The summed E-state index contributed by atoms with van der Waals surface area (Å²) in [6.07, 6.45) is 0.995. The highest BCUT2D eigenvalue weighted by molar-refractivity contribution is 7.09. The van der Waals surface area contributed by atoms with Crippen molar-refractivity contribution in [3.05, 3.63) is 16.1 Å². The molecule has 0 unspecified atom stereocenters. The molecule has 0 amide bonds. The van der Waals surface area contributed by atoms with E-state index in [-0.39, 0.29) is 6.01 Å². The summed E-state index contributed by atoms with van der Waals surface area (Å²) in [5.41, 5.74) is 1.02. The van der Waals surface area contributed by atoms with Crippen LogP contribution in [0, 0.1) is 6.92 Å². The van der Waals surface area contributed by atoms with Gasteiger partial charge >= 0.3 is 6.01 Å². The highest BCUT2D eigenvalue weighted by Gasteiger charge is 2.07. The molecule has 2 aromatic heterocycles. The molecule has 0 fully saturated rings. The predicted octanol–water partition coefficient (Wildman–Crippen LogP) is 2.08. The third-order valence-corrected chi connectivity index (χ3v) is 3.36. The summed E-state index contributed by atoms with van der Waals surface area (Å²) in [5.74, 6) is 0.986. The van der Waals surface area contributed by atoms with Crippen LogP contribution in [0.3, 0.4) is 0 Å². The smallest absolute Gasteiger partial charge is 0.322 e. The van der Waals surface area contributed by atoms with Crippen molar-refractivity contribution in [3.63, 3.8) is 0 Å². The molecule has 0 saturated carbocycles. The zero-order valence-corrected chi connectivity index (χ0v) is 12.6. The number of aryl methyl sites for hydroxylation is 1. The highest BCUT2D eigenvalue weighted by atomic mass is 32.1. The Morgan fingerprint density at radius 2 is 1.90 bits per heavy atom. The van der Waals surface area contributed by atoms with Gasteiger partial charge in [0.1, 0.15) is 5.01 Å². The molecule has 0 radical (unpaired) electrons. The van der Waals surface area contributed by atoms with Crippen molar-refractivity contribution in [2.45, 2.75) is 26.8 Å². The number of nitrogens with zero attached hydrogens (tertiary/aromatic N) is 4. The first kappa shape index (κ1) is 14.4. The topological polar surface area (TPSA) is 84.9 Å². The lowest BCUT2D eigenvalue weighted by Crippen LogP contribution is -2.10. The molecule has 0 aliphatic rings. The van der Waals surface area contributed by atoms with Crippen LogP contribution in [0.15, 0.2) is 5.38 Å². The second-order valence-corrected chi connectivity index (χ2v) is 5.07. The fraction of sp³-hybridized carbons (Fsp3) is 0.500. The van der Waals surface area contributed by atoms with Gasteiger partial charge in [-0.25, -0.2) is 4.98 Å². The van der Waals surface area contributed by atoms with E-state index in [1.165, 1.54) is 7.11 Å². The van der Waals surface area contributed by atoms with Gasteiger partial charge < -0.3 is 15.4 Å². The van der Waals surface area contributed by atoms with Gasteiger partial charge in [0.2, 0.25) is 11.9 Å². The van der Waals surface area contributed by atoms with Gasteiger partial charge in [0.15, 0.2) is 0 Å². The maximum atomic E-state index is 5.08. The first-order chi connectivity index (χ1) is 9.71. The fourth-order valence-corrected chi connectivity index (χ4v) is 2.19. The fourth-order valence-electron chi connectivity index (χ4n) is 1.48. The maximum absolute atomic E-state index is 5.08. The Morgan fingerprint density at radius 3 is 2.50 bits per heavy atom. The van der Waals surface area contributed by atoms with Gasteiger partial charge in [0.05, 0.1) is 13.7 Å². The van der Waals surface area contributed by atoms with Crippen molar-refractivity contribution < 1.29 is 4.74 Å². The van der Waals surface area contributed by atoms with E-state index in [0.717, 1.165) is 23.7 Å². The number of thiazole rings is 1. The average molecular weight is 294 g/mol. The molecule has 108 valence electrons. The summed E-state index contributed by atoms with van der Waals surface area (Å²) in [4.78, 5) is 17.0. The normalized spacial score (nSPS) is 10.3. The first-order valence-corrected chi connectivity index (χ1v) is 7.28. The minimum Gasteiger partial charge on any atom is -0.467 e. The van der Waals surface area contributed by atoms with Gasteiger partial charge in [-0.15, -0.1) is 11.3 Å². The lowest BCUT2D eigenvalue weighted by molar-refractivity contribution is 0.379. The molecular weight excluding hydrogens is 276 g/mol. The summed E-state index contributed by atoms with van der Waals surface area (Å²) in [7, 11) is 1.53. The van der Waals surface area contributed by atoms with Crippen molar-refractivity contribution >= 4 is 23.2 Å². The van der Waals surface area contributed by atoms with Crippen LogP contribution in [-0.4, -0.2) is 33.6 Å². The third-order valence-electron chi connectivity index (χ3n) is 2.39. The van der Waals surface area contributed by atoms with Crippen LogP contribution < -0.4 is 15.4 Å². The molecule has 2 aromatic rings. The third kappa shape index (κ3) is 4.02. The van der Waals surface area contributed by atoms with E-state index < -0.39 is 0 Å². The maximum Gasteiger partial charge on any atom is 0.322 e. The minimum atomic E-state index is 0.288. The molecule has 20 heavy (non-hydrogen) atoms. The Kier molecular flexibility index (Phi) is 5.05. The standard InChI is InChI=1S/C12H18N6OS/c1-4-5-13-10-16-11(18-12(17-10)19-3)14-6-9-15-8(2)7-20-9/h7H,4-6H2,1-3H3,(H2,13,14,16,17,18). The summed E-state index contributed by atoms with van der Waals surface area (Å²) < 4.78 is 5.08. The van der Waals surface area contributed by atoms with Gasteiger partial charge in [0, 0.05) is 17.6 Å². The molecule has 0 aromatic carbocycles. The largest absolute Gasteiger partial charge is 0.467 e. The van der Waals surface area contributed by atoms with Gasteiger partial charge in [-0.1, -0.05) is 6.92 Å². The zero-order chi connectivity index (χ0) is 14.4. The number of nitrogens with one attached hydrogen (secondary N) is 2. The molecular formula is C12H18N6OS. The Labute approximate surface area is 121 Å². The molecule has 7 nitrogen and oxygen atoms in total. The zero-order valence-electron chi connectivity index (χ0n) is 11.8. The number of hydrogen-bond donors (Lipinski definition) is 2. The van der Waals surface area contributed by atoms with E-state index in [1.54, 1.807) is 11.3 Å². The molecule has 0 spiro atoms. The van der Waals surface area contributed by atoms with Crippen molar-refractivity contribution in [2.75, 3.05) is 24.3 Å². The van der Waals surface area contributed by atoms with E-state index in [2.05, 4.69) is 37.5 Å². The number of hydrogen-bond acceptors (Lipinski definition) is 8. The van der Waals surface area contributed by atoms with Gasteiger partial charge in [-0.3, -0.25) is 0 Å². The van der Waals surface area contributed by atoms with E-state index in [1.807, 2.05) is 12.3 Å². The predicted molar refractivity (Wildman–Crippen MR) is 79.3 cm³/mol. The second-order valence-electron chi connectivity index (χ2n) is 4.13. The number of anilines is 2. The highest BCUT2D eigenvalue weighted by Crippen LogP contribution is 2.13. The van der Waals surface area contributed by atoms with Gasteiger partial charge in [0.25, 0.3) is 0 Å². The quantitative estimate of drug-likeness (QED) is 0.808. The van der Waals surface area contributed by atoms with Gasteiger partial charge in [-0.05, 0) is 13.3 Å². The van der Waals surface area contributed by atoms with Crippen molar-refractivity contribution in [1.82, 2.24) is 19.9 Å². The Bertz CT molecular complexity index is 559. The first-order valence-electron chi connectivity index (χ1n) is 6.40. The van der Waals surface area contributed by atoms with Crippen molar-refractivity contribution in [1.29, 1.82) is 0 Å². The van der Waals surface area contributed by atoms with Crippen molar-refractivity contribution in [2.24, 2.45) is 0 Å². The van der Waals surface area contributed by atoms with Crippen LogP contribution in [0.4, 0.5) is 11.9 Å². The molecule has 0 aliphatic carbocycles.